The average Bonchev–Trinajstić information content (AvgIpc) is 3.49. The Bertz CT molecular complexity index is 1320. The van der Waals surface area contributed by atoms with Crippen LogP contribution in [0.15, 0.2) is 48.5 Å². The molecule has 1 aromatic heterocycles. The predicted octanol–water partition coefficient (Wildman–Crippen LogP) is 5.41. The lowest BCUT2D eigenvalue weighted by atomic mass is 9.87. The van der Waals surface area contributed by atoms with Gasteiger partial charge in [-0.1, -0.05) is 50.6 Å². The minimum absolute atomic E-state index is 0.0383. The summed E-state index contributed by atoms with van der Waals surface area (Å²) in [5, 5.41) is 4.91. The van der Waals surface area contributed by atoms with Gasteiger partial charge >= 0.3 is 0 Å². The van der Waals surface area contributed by atoms with E-state index in [1.165, 1.54) is 12.1 Å². The van der Waals surface area contributed by atoms with E-state index in [1.807, 2.05) is 11.0 Å². The number of carbonyl (C=O) groups is 2. The summed E-state index contributed by atoms with van der Waals surface area (Å²) in [6, 6.07) is 14.5. The molecule has 2 aromatic carbocycles. The number of rotatable bonds is 4. The summed E-state index contributed by atoms with van der Waals surface area (Å²) in [7, 11) is 0. The first-order valence-electron chi connectivity index (χ1n) is 12.8. The SMILES string of the molecule is Cc1cccc([C@@H]2SCC(=O)N(CC(=O)N3CCCC3)c3c2c(C(C)(C)C)nn3-c2ccc(F)cc2)c1. The zero-order valence-corrected chi connectivity index (χ0v) is 22.6. The third-order valence-corrected chi connectivity index (χ3v) is 8.22. The van der Waals surface area contributed by atoms with Crippen molar-refractivity contribution in [2.75, 3.05) is 30.3 Å². The van der Waals surface area contributed by atoms with E-state index in [2.05, 4.69) is 45.9 Å². The average molecular weight is 521 g/mol. The summed E-state index contributed by atoms with van der Waals surface area (Å²) in [6.07, 6.45) is 1.97. The third-order valence-electron chi connectivity index (χ3n) is 6.97. The van der Waals surface area contributed by atoms with E-state index in [0.29, 0.717) is 11.5 Å². The Balaban J connectivity index is 1.75. The molecule has 0 spiro atoms. The molecule has 5 rings (SSSR count). The molecule has 1 fully saturated rings. The van der Waals surface area contributed by atoms with Crippen molar-refractivity contribution in [3.05, 3.63) is 76.7 Å². The van der Waals surface area contributed by atoms with E-state index < -0.39 is 0 Å². The highest BCUT2D eigenvalue weighted by molar-refractivity contribution is 8.00. The standard InChI is InChI=1S/C29H33FN4O2S/c1-19-8-7-9-20(16-19)26-25-27(29(2,3)4)31-34(22-12-10-21(30)11-13-22)28(25)33(24(36)18-37-26)17-23(35)32-14-5-6-15-32/h7-13,16,26H,5-6,14-15,17-18H2,1-4H3/t26-/m0/s1. The number of aryl methyl sites for hydroxylation is 1. The number of amides is 2. The molecule has 0 radical (unpaired) electrons. The van der Waals surface area contributed by atoms with E-state index in [4.69, 9.17) is 5.10 Å². The van der Waals surface area contributed by atoms with Crippen molar-refractivity contribution in [3.8, 4) is 5.69 Å². The molecule has 2 aliphatic heterocycles. The maximum Gasteiger partial charge on any atom is 0.242 e. The molecule has 8 heteroatoms. The summed E-state index contributed by atoms with van der Waals surface area (Å²) in [5.41, 5.74) is 4.34. The zero-order valence-electron chi connectivity index (χ0n) is 21.8. The number of hydrogen-bond donors (Lipinski definition) is 0. The third kappa shape index (κ3) is 5.04. The van der Waals surface area contributed by atoms with Crippen molar-refractivity contribution in [1.82, 2.24) is 14.7 Å². The van der Waals surface area contributed by atoms with Crippen LogP contribution >= 0.6 is 11.8 Å². The van der Waals surface area contributed by atoms with Gasteiger partial charge in [-0.25, -0.2) is 9.07 Å². The number of benzene rings is 2. The van der Waals surface area contributed by atoms with Gasteiger partial charge in [-0.15, -0.1) is 11.8 Å². The molecule has 2 amide bonds. The van der Waals surface area contributed by atoms with Gasteiger partial charge in [-0.3, -0.25) is 14.5 Å². The summed E-state index contributed by atoms with van der Waals surface area (Å²) in [4.78, 5) is 30.5. The van der Waals surface area contributed by atoms with E-state index in [9.17, 15) is 14.0 Å². The van der Waals surface area contributed by atoms with Gasteiger partial charge in [0.2, 0.25) is 11.8 Å². The molecule has 3 aromatic rings. The molecular formula is C29H33FN4O2S. The second-order valence-corrected chi connectivity index (χ2v) is 12.0. The first-order chi connectivity index (χ1) is 17.6. The highest BCUT2D eigenvalue weighted by Crippen LogP contribution is 2.48. The van der Waals surface area contributed by atoms with Crippen LogP contribution in [0.25, 0.3) is 5.69 Å². The molecule has 3 heterocycles. The molecular weight excluding hydrogens is 487 g/mol. The summed E-state index contributed by atoms with van der Waals surface area (Å²) >= 11 is 1.57. The van der Waals surface area contributed by atoms with Crippen molar-refractivity contribution in [1.29, 1.82) is 0 Å². The lowest BCUT2D eigenvalue weighted by Crippen LogP contribution is -2.43. The monoisotopic (exact) mass is 520 g/mol. The van der Waals surface area contributed by atoms with Crippen molar-refractivity contribution < 1.29 is 14.0 Å². The Hall–Kier alpha value is -3.13. The molecule has 1 saturated heterocycles. The lowest BCUT2D eigenvalue weighted by Gasteiger charge is -2.26. The quantitative estimate of drug-likeness (QED) is 0.462. The summed E-state index contributed by atoms with van der Waals surface area (Å²) in [5.74, 6) is 0.319. The Morgan fingerprint density at radius 1 is 1.11 bits per heavy atom. The predicted molar refractivity (Wildman–Crippen MR) is 146 cm³/mol. The largest absolute Gasteiger partial charge is 0.341 e. The number of anilines is 1. The molecule has 0 bridgehead atoms. The van der Waals surface area contributed by atoms with Crippen LogP contribution in [-0.4, -0.2) is 51.9 Å². The molecule has 0 saturated carbocycles. The van der Waals surface area contributed by atoms with Crippen molar-refractivity contribution >= 4 is 29.4 Å². The van der Waals surface area contributed by atoms with Gasteiger partial charge in [0.05, 0.1) is 22.4 Å². The minimum atomic E-state index is -0.344. The van der Waals surface area contributed by atoms with E-state index >= 15 is 0 Å². The molecule has 6 nitrogen and oxygen atoms in total. The van der Waals surface area contributed by atoms with Crippen LogP contribution in [0.4, 0.5) is 10.2 Å². The number of hydrogen-bond acceptors (Lipinski definition) is 4. The Morgan fingerprint density at radius 2 is 1.81 bits per heavy atom. The van der Waals surface area contributed by atoms with Gasteiger partial charge < -0.3 is 4.90 Å². The molecule has 0 unspecified atom stereocenters. The number of thioether (sulfide) groups is 1. The Kier molecular flexibility index (Phi) is 6.88. The van der Waals surface area contributed by atoms with E-state index in [1.54, 1.807) is 33.5 Å². The maximum absolute atomic E-state index is 13.9. The van der Waals surface area contributed by atoms with Crippen molar-refractivity contribution in [2.45, 2.75) is 51.2 Å². The second-order valence-electron chi connectivity index (χ2n) is 10.9. The second kappa shape index (κ2) is 9.97. The van der Waals surface area contributed by atoms with Crippen molar-refractivity contribution in [2.24, 2.45) is 0 Å². The summed E-state index contributed by atoms with van der Waals surface area (Å²) < 4.78 is 15.6. The molecule has 0 aliphatic carbocycles. The number of carbonyl (C=O) groups excluding carboxylic acids is 2. The smallest absolute Gasteiger partial charge is 0.242 e. The highest BCUT2D eigenvalue weighted by Gasteiger charge is 2.40. The van der Waals surface area contributed by atoms with Gasteiger partial charge in [0.15, 0.2) is 0 Å². The fourth-order valence-electron chi connectivity index (χ4n) is 5.13. The Labute approximate surface area is 221 Å². The number of fused-ring (bicyclic) bond motifs is 1. The van der Waals surface area contributed by atoms with Crippen LogP contribution in [-0.2, 0) is 15.0 Å². The van der Waals surface area contributed by atoms with Crippen molar-refractivity contribution in [3.63, 3.8) is 0 Å². The van der Waals surface area contributed by atoms with Crippen LogP contribution in [0.2, 0.25) is 0 Å². The number of halogens is 1. The zero-order chi connectivity index (χ0) is 26.3. The molecule has 2 aliphatic rings. The first-order valence-corrected chi connectivity index (χ1v) is 13.8. The molecule has 1 atom stereocenters. The van der Waals surface area contributed by atoms with Gasteiger partial charge in [0.1, 0.15) is 18.2 Å². The topological polar surface area (TPSA) is 58.4 Å². The van der Waals surface area contributed by atoms with Gasteiger partial charge in [-0.05, 0) is 49.6 Å². The van der Waals surface area contributed by atoms with Crippen LogP contribution in [0.1, 0.15) is 61.2 Å². The Morgan fingerprint density at radius 3 is 2.46 bits per heavy atom. The minimum Gasteiger partial charge on any atom is -0.341 e. The van der Waals surface area contributed by atoms with Crippen LogP contribution in [0.5, 0.6) is 0 Å². The van der Waals surface area contributed by atoms with Crippen LogP contribution in [0.3, 0.4) is 0 Å². The van der Waals surface area contributed by atoms with Crippen LogP contribution in [0, 0.1) is 12.7 Å². The number of aromatic nitrogens is 2. The fraction of sp³-hybridized carbons (Fsp3) is 0.414. The fourth-order valence-corrected chi connectivity index (χ4v) is 6.32. The number of nitrogens with zero attached hydrogens (tertiary/aromatic N) is 4. The van der Waals surface area contributed by atoms with E-state index in [-0.39, 0.29) is 40.6 Å². The van der Waals surface area contributed by atoms with Gasteiger partial charge in [0, 0.05) is 24.1 Å². The van der Waals surface area contributed by atoms with E-state index in [0.717, 1.165) is 48.3 Å². The number of likely N-dealkylation sites (tertiary alicyclic amines) is 1. The van der Waals surface area contributed by atoms with Gasteiger partial charge in [-0.2, -0.15) is 5.10 Å². The molecule has 37 heavy (non-hydrogen) atoms. The first kappa shape index (κ1) is 25.5. The molecule has 0 N–H and O–H groups in total. The lowest BCUT2D eigenvalue weighted by molar-refractivity contribution is -0.130. The summed E-state index contributed by atoms with van der Waals surface area (Å²) in [6.45, 7) is 9.78. The maximum atomic E-state index is 13.9. The normalized spacial score (nSPS) is 18.2. The highest BCUT2D eigenvalue weighted by atomic mass is 32.2. The molecule has 194 valence electrons. The van der Waals surface area contributed by atoms with Gasteiger partial charge in [0.25, 0.3) is 0 Å². The van der Waals surface area contributed by atoms with Crippen LogP contribution < -0.4 is 4.90 Å².